The molecule has 2 aromatic rings. The van der Waals surface area contributed by atoms with E-state index in [1.54, 1.807) is 24.1 Å². The van der Waals surface area contributed by atoms with Crippen molar-refractivity contribution in [2.24, 2.45) is 0 Å². The summed E-state index contributed by atoms with van der Waals surface area (Å²) >= 11 is 0. The van der Waals surface area contributed by atoms with Crippen LogP contribution in [0.15, 0.2) is 36.4 Å². The number of anilines is 1. The third kappa shape index (κ3) is 3.43. The summed E-state index contributed by atoms with van der Waals surface area (Å²) in [5.74, 6) is 0.400. The predicted octanol–water partition coefficient (Wildman–Crippen LogP) is 0.667. The van der Waals surface area contributed by atoms with E-state index >= 15 is 0 Å². The first-order valence-electron chi connectivity index (χ1n) is 7.96. The van der Waals surface area contributed by atoms with Crippen molar-refractivity contribution in [3.05, 3.63) is 53.1 Å². The van der Waals surface area contributed by atoms with E-state index in [0.717, 1.165) is 16.8 Å². The van der Waals surface area contributed by atoms with Gasteiger partial charge in [-0.3, -0.25) is 9.59 Å². The lowest BCUT2D eigenvalue weighted by Gasteiger charge is -2.26. The highest BCUT2D eigenvalue weighted by molar-refractivity contribution is 6.60. The lowest BCUT2D eigenvalue weighted by atomic mass is 9.77. The first-order valence-corrected chi connectivity index (χ1v) is 7.96. The summed E-state index contributed by atoms with van der Waals surface area (Å²) < 4.78 is 5.71. The molecule has 0 fully saturated rings. The molecular weight excluding hydrogens is 321 g/mol. The fourth-order valence-corrected chi connectivity index (χ4v) is 3.00. The van der Waals surface area contributed by atoms with E-state index in [0.29, 0.717) is 24.9 Å². The van der Waals surface area contributed by atoms with Crippen LogP contribution in [0.5, 0.6) is 5.75 Å². The molecular formula is C18H18BNO5. The van der Waals surface area contributed by atoms with Gasteiger partial charge in [-0.25, -0.2) is 0 Å². The molecule has 1 heterocycles. The molecule has 3 rings (SSSR count). The zero-order valence-electron chi connectivity index (χ0n) is 13.8. The molecule has 25 heavy (non-hydrogen) atoms. The van der Waals surface area contributed by atoms with Gasteiger partial charge in [-0.1, -0.05) is 24.3 Å². The van der Waals surface area contributed by atoms with Crippen molar-refractivity contribution < 1.29 is 24.4 Å². The molecule has 0 saturated carbocycles. The van der Waals surface area contributed by atoms with E-state index in [-0.39, 0.29) is 23.5 Å². The smallest absolute Gasteiger partial charge is 0.488 e. The third-order valence-corrected chi connectivity index (χ3v) is 4.38. The zero-order valence-corrected chi connectivity index (χ0v) is 13.8. The standard InChI is InChI=1S/C18H18BNO5/c1-20-16-7-5-12(9-13(16)6-8-18(20)22)11-25-17-4-2-3-15(19(23)24)14(17)10-21/h2-5,7,9-10,23-24H,6,8,11H2,1H3. The Morgan fingerprint density at radius 2 is 2.04 bits per heavy atom. The molecule has 1 aliphatic rings. The maximum atomic E-state index is 11.7. The first-order chi connectivity index (χ1) is 12.0. The summed E-state index contributed by atoms with van der Waals surface area (Å²) in [5.41, 5.74) is 3.13. The van der Waals surface area contributed by atoms with Gasteiger partial charge in [0.1, 0.15) is 12.4 Å². The number of aryl methyl sites for hydroxylation is 1. The van der Waals surface area contributed by atoms with Crippen LogP contribution in [0.4, 0.5) is 5.69 Å². The van der Waals surface area contributed by atoms with Crippen molar-refractivity contribution in [3.8, 4) is 5.75 Å². The molecule has 0 atom stereocenters. The van der Waals surface area contributed by atoms with E-state index in [9.17, 15) is 19.6 Å². The number of carbonyl (C=O) groups excluding carboxylic acids is 2. The van der Waals surface area contributed by atoms with E-state index < -0.39 is 7.12 Å². The number of ether oxygens (including phenoxy) is 1. The Kier molecular flexibility index (Phi) is 4.87. The van der Waals surface area contributed by atoms with Crippen molar-refractivity contribution in [1.29, 1.82) is 0 Å². The molecule has 0 unspecified atom stereocenters. The molecule has 0 aliphatic carbocycles. The van der Waals surface area contributed by atoms with Crippen LogP contribution in [0, 0.1) is 0 Å². The molecule has 6 nitrogen and oxygen atoms in total. The van der Waals surface area contributed by atoms with Crippen LogP contribution < -0.4 is 15.1 Å². The molecule has 0 aromatic heterocycles. The molecule has 1 amide bonds. The molecule has 0 spiro atoms. The second kappa shape index (κ2) is 7.08. The molecule has 0 radical (unpaired) electrons. The second-order valence-electron chi connectivity index (χ2n) is 5.96. The van der Waals surface area contributed by atoms with E-state index in [4.69, 9.17) is 4.74 Å². The Labute approximate surface area is 145 Å². The minimum Gasteiger partial charge on any atom is -0.488 e. The number of carbonyl (C=O) groups is 2. The fraction of sp³-hybridized carbons (Fsp3) is 0.222. The summed E-state index contributed by atoms with van der Waals surface area (Å²) in [6, 6.07) is 10.4. The summed E-state index contributed by atoms with van der Waals surface area (Å²) in [5, 5.41) is 18.7. The lowest BCUT2D eigenvalue weighted by molar-refractivity contribution is -0.118. The maximum Gasteiger partial charge on any atom is 0.489 e. The Balaban J connectivity index is 1.80. The summed E-state index contributed by atoms with van der Waals surface area (Å²) in [6.07, 6.45) is 1.73. The van der Waals surface area contributed by atoms with Gasteiger partial charge in [0, 0.05) is 19.2 Å². The molecule has 7 heteroatoms. The quantitative estimate of drug-likeness (QED) is 0.618. The van der Waals surface area contributed by atoms with Gasteiger partial charge in [0.25, 0.3) is 0 Å². The number of nitrogens with zero attached hydrogens (tertiary/aromatic N) is 1. The average molecular weight is 339 g/mol. The molecule has 2 N–H and O–H groups in total. The Morgan fingerprint density at radius 3 is 2.76 bits per heavy atom. The van der Waals surface area contributed by atoms with Crippen LogP contribution >= 0.6 is 0 Å². The van der Waals surface area contributed by atoms with Crippen molar-refractivity contribution in [2.75, 3.05) is 11.9 Å². The lowest BCUT2D eigenvalue weighted by Crippen LogP contribution is -2.33. The Morgan fingerprint density at radius 1 is 1.24 bits per heavy atom. The minimum absolute atomic E-state index is 0.103. The van der Waals surface area contributed by atoms with Gasteiger partial charge in [-0.2, -0.15) is 0 Å². The normalized spacial score (nSPS) is 13.4. The maximum absolute atomic E-state index is 11.7. The fourth-order valence-electron chi connectivity index (χ4n) is 3.00. The van der Waals surface area contributed by atoms with Gasteiger partial charge in [0.05, 0.1) is 5.56 Å². The van der Waals surface area contributed by atoms with E-state index in [2.05, 4.69) is 0 Å². The number of amides is 1. The van der Waals surface area contributed by atoms with E-state index in [1.807, 2.05) is 18.2 Å². The second-order valence-corrected chi connectivity index (χ2v) is 5.96. The van der Waals surface area contributed by atoms with Crippen LogP contribution in [0.3, 0.4) is 0 Å². The third-order valence-electron chi connectivity index (χ3n) is 4.38. The van der Waals surface area contributed by atoms with Crippen LogP contribution in [0.2, 0.25) is 0 Å². The highest BCUT2D eigenvalue weighted by Gasteiger charge is 2.21. The number of rotatable bonds is 5. The van der Waals surface area contributed by atoms with Crippen LogP contribution in [-0.4, -0.2) is 36.4 Å². The molecule has 0 saturated heterocycles. The zero-order chi connectivity index (χ0) is 18.0. The van der Waals surface area contributed by atoms with Crippen molar-refractivity contribution >= 4 is 30.5 Å². The number of aldehydes is 1. The minimum atomic E-state index is -1.74. The first kappa shape index (κ1) is 17.2. The largest absolute Gasteiger partial charge is 0.489 e. The molecule has 2 aromatic carbocycles. The van der Waals surface area contributed by atoms with Crippen LogP contribution in [0.25, 0.3) is 0 Å². The van der Waals surface area contributed by atoms with Crippen molar-refractivity contribution in [3.63, 3.8) is 0 Å². The van der Waals surface area contributed by atoms with Gasteiger partial charge in [0.2, 0.25) is 5.91 Å². The predicted molar refractivity (Wildman–Crippen MR) is 94.2 cm³/mol. The van der Waals surface area contributed by atoms with Crippen molar-refractivity contribution in [1.82, 2.24) is 0 Å². The monoisotopic (exact) mass is 339 g/mol. The number of fused-ring (bicyclic) bond motifs is 1. The summed E-state index contributed by atoms with van der Waals surface area (Å²) in [6.45, 7) is 0.233. The van der Waals surface area contributed by atoms with Crippen LogP contribution in [0.1, 0.15) is 27.9 Å². The van der Waals surface area contributed by atoms with Crippen LogP contribution in [-0.2, 0) is 17.8 Å². The number of hydrogen-bond donors (Lipinski definition) is 2. The molecule has 128 valence electrons. The molecule has 1 aliphatic heterocycles. The highest BCUT2D eigenvalue weighted by atomic mass is 16.5. The number of hydrogen-bond acceptors (Lipinski definition) is 5. The van der Waals surface area contributed by atoms with Crippen molar-refractivity contribution in [2.45, 2.75) is 19.4 Å². The topological polar surface area (TPSA) is 87.1 Å². The van der Waals surface area contributed by atoms with Gasteiger partial charge >= 0.3 is 7.12 Å². The SMILES string of the molecule is CN1C(=O)CCc2cc(COc3cccc(B(O)O)c3C=O)ccc21. The summed E-state index contributed by atoms with van der Waals surface area (Å²) in [4.78, 5) is 24.7. The number of benzene rings is 2. The van der Waals surface area contributed by atoms with Gasteiger partial charge in [0.15, 0.2) is 6.29 Å². The summed E-state index contributed by atoms with van der Waals surface area (Å²) in [7, 11) is 0.0269. The highest BCUT2D eigenvalue weighted by Crippen LogP contribution is 2.28. The Hall–Kier alpha value is -2.64. The Bertz CT molecular complexity index is 821. The van der Waals surface area contributed by atoms with E-state index in [1.165, 1.54) is 6.07 Å². The molecule has 0 bridgehead atoms. The van der Waals surface area contributed by atoms with Gasteiger partial charge in [-0.15, -0.1) is 0 Å². The average Bonchev–Trinajstić information content (AvgIpc) is 2.62. The van der Waals surface area contributed by atoms with Gasteiger partial charge in [-0.05, 0) is 35.1 Å². The van der Waals surface area contributed by atoms with Gasteiger partial charge < -0.3 is 19.7 Å².